The first-order valence-electron chi connectivity index (χ1n) is 21.3. The maximum atomic E-state index is 5.70. The first-order valence-corrected chi connectivity index (χ1v) is 21.3. The molecule has 0 aliphatic carbocycles. The molecule has 4 heterocycles. The highest BCUT2D eigenvalue weighted by Gasteiger charge is 2.16. The predicted molar refractivity (Wildman–Crippen MR) is 249 cm³/mol. The van der Waals surface area contributed by atoms with E-state index in [-0.39, 0.29) is 0 Å². The summed E-state index contributed by atoms with van der Waals surface area (Å²) >= 11 is 0. The zero-order chi connectivity index (χ0) is 42.4. The second-order valence-electron chi connectivity index (χ2n) is 15.7. The third-order valence-electron chi connectivity index (χ3n) is 12.0. The zero-order valence-corrected chi connectivity index (χ0v) is 35.8. The van der Waals surface area contributed by atoms with Crippen molar-refractivity contribution in [3.05, 3.63) is 178 Å². The summed E-state index contributed by atoms with van der Waals surface area (Å²) in [5, 5.41) is 4.27. The van der Waals surface area contributed by atoms with Gasteiger partial charge in [0.1, 0.15) is 45.1 Å². The van der Waals surface area contributed by atoms with Crippen LogP contribution in [0, 0.1) is 0 Å². The lowest BCUT2D eigenvalue weighted by molar-refractivity contribution is 0.418. The first-order chi connectivity index (χ1) is 30.5. The van der Waals surface area contributed by atoms with E-state index in [1.54, 1.807) is 28.4 Å². The van der Waals surface area contributed by atoms with Gasteiger partial charge in [0.15, 0.2) is 0 Å². The highest BCUT2D eigenvalue weighted by Crippen LogP contribution is 2.30. The Bertz CT molecular complexity index is 2650. The second kappa shape index (κ2) is 18.3. The fourth-order valence-electron chi connectivity index (χ4n) is 8.63. The third kappa shape index (κ3) is 8.59. The normalized spacial score (nSPS) is 11.4. The molecule has 0 unspecified atom stereocenters. The molecule has 8 nitrogen and oxygen atoms in total. The van der Waals surface area contributed by atoms with Crippen LogP contribution >= 0.6 is 0 Å². The minimum Gasteiger partial charge on any atom is -0.494 e. The summed E-state index contributed by atoms with van der Waals surface area (Å²) in [6, 6.07) is 46.4. The van der Waals surface area contributed by atoms with Crippen molar-refractivity contribution in [2.45, 2.75) is 51.4 Å². The summed E-state index contributed by atoms with van der Waals surface area (Å²) in [6.07, 6.45) is 6.53. The second-order valence-corrected chi connectivity index (χ2v) is 15.7. The van der Waals surface area contributed by atoms with Gasteiger partial charge in [-0.3, -0.25) is 0 Å². The van der Waals surface area contributed by atoms with Crippen LogP contribution in [0.2, 0.25) is 0 Å². The van der Waals surface area contributed by atoms with Gasteiger partial charge in [-0.25, -0.2) is 19.9 Å². The fraction of sp³-hybridized carbons (Fsp3) is 0.222. The monoisotopic (exact) mass is 818 g/mol. The Kier molecular flexibility index (Phi) is 11.9. The Morgan fingerprint density at radius 3 is 0.758 bits per heavy atom. The SMILES string of the molecule is COc1cccc2ccc(CCc3cc(CCc4ccc5cccc(OC)c5n4)c(CCc4ccc5cccc(OC)c5n4)cc3CCc3ccc4cccc(OC)c4n3)nc12. The molecule has 5 aromatic carbocycles. The molecule has 0 saturated heterocycles. The molecular weight excluding hydrogens is 769 g/mol. The van der Waals surface area contributed by atoms with Crippen molar-refractivity contribution in [2.24, 2.45) is 0 Å². The molecule has 0 atom stereocenters. The van der Waals surface area contributed by atoms with Gasteiger partial charge in [-0.15, -0.1) is 0 Å². The van der Waals surface area contributed by atoms with Gasteiger partial charge in [-0.2, -0.15) is 0 Å². The lowest BCUT2D eigenvalue weighted by Crippen LogP contribution is -2.08. The molecule has 0 fully saturated rings. The van der Waals surface area contributed by atoms with Crippen molar-refractivity contribution in [1.82, 2.24) is 19.9 Å². The van der Waals surface area contributed by atoms with Gasteiger partial charge in [0.25, 0.3) is 0 Å². The number of hydrogen-bond acceptors (Lipinski definition) is 8. The van der Waals surface area contributed by atoms with Crippen LogP contribution in [-0.4, -0.2) is 48.4 Å². The summed E-state index contributed by atoms with van der Waals surface area (Å²) < 4.78 is 22.8. The van der Waals surface area contributed by atoms with E-state index in [0.717, 1.165) is 141 Å². The van der Waals surface area contributed by atoms with E-state index in [1.165, 1.54) is 22.3 Å². The van der Waals surface area contributed by atoms with Gasteiger partial charge in [0, 0.05) is 44.3 Å². The minimum atomic E-state index is 0.787. The van der Waals surface area contributed by atoms with Crippen molar-refractivity contribution in [3.8, 4) is 23.0 Å². The number of rotatable bonds is 16. The molecule has 0 amide bonds. The van der Waals surface area contributed by atoms with Gasteiger partial charge in [0.05, 0.1) is 28.4 Å². The number of ether oxygens (including phenoxy) is 4. The predicted octanol–water partition coefficient (Wildman–Crippen LogP) is 11.1. The average Bonchev–Trinajstić information content (AvgIpc) is 3.32. The molecule has 0 bridgehead atoms. The number of para-hydroxylation sites is 4. The number of nitrogens with zero attached hydrogens (tertiary/aromatic N) is 4. The van der Waals surface area contributed by atoms with Gasteiger partial charge in [-0.1, -0.05) is 84.9 Å². The molecular formula is C54H50N4O4. The van der Waals surface area contributed by atoms with Gasteiger partial charge >= 0.3 is 0 Å². The molecule has 310 valence electrons. The van der Waals surface area contributed by atoms with Gasteiger partial charge in [-0.05, 0) is 122 Å². The van der Waals surface area contributed by atoms with Crippen LogP contribution in [-0.2, 0) is 51.4 Å². The maximum absolute atomic E-state index is 5.70. The Labute approximate surface area is 362 Å². The summed E-state index contributed by atoms with van der Waals surface area (Å²) in [5.74, 6) is 3.15. The first kappa shape index (κ1) is 40.4. The number of aryl methyl sites for hydroxylation is 8. The Hall–Kier alpha value is -7.06. The highest BCUT2D eigenvalue weighted by molar-refractivity contribution is 5.87. The molecule has 0 saturated carbocycles. The molecule has 0 spiro atoms. The molecule has 4 aromatic heterocycles. The summed E-state index contributed by atoms with van der Waals surface area (Å²) in [5.41, 5.74) is 13.0. The molecule has 0 aliphatic heterocycles. The minimum absolute atomic E-state index is 0.787. The average molecular weight is 819 g/mol. The number of aromatic nitrogens is 4. The molecule has 0 aliphatic rings. The van der Waals surface area contributed by atoms with Crippen molar-refractivity contribution in [2.75, 3.05) is 28.4 Å². The maximum Gasteiger partial charge on any atom is 0.145 e. The number of fused-ring (bicyclic) bond motifs is 4. The molecule has 0 N–H and O–H groups in total. The highest BCUT2D eigenvalue weighted by atomic mass is 16.5. The quantitative estimate of drug-likeness (QED) is 0.0952. The lowest BCUT2D eigenvalue weighted by atomic mass is 9.88. The Balaban J connectivity index is 1.09. The van der Waals surface area contributed by atoms with Crippen molar-refractivity contribution < 1.29 is 18.9 Å². The molecule has 8 heteroatoms. The molecule has 9 rings (SSSR count). The number of pyridine rings is 4. The van der Waals surface area contributed by atoms with Crippen LogP contribution in [0.15, 0.2) is 133 Å². The van der Waals surface area contributed by atoms with Crippen molar-refractivity contribution >= 4 is 43.6 Å². The largest absolute Gasteiger partial charge is 0.494 e. The summed E-state index contributed by atoms with van der Waals surface area (Å²) in [7, 11) is 6.82. The van der Waals surface area contributed by atoms with E-state index in [1.807, 2.05) is 48.5 Å². The number of benzene rings is 5. The number of hydrogen-bond donors (Lipinski definition) is 0. The smallest absolute Gasteiger partial charge is 0.145 e. The molecule has 0 radical (unpaired) electrons. The van der Waals surface area contributed by atoms with E-state index in [0.29, 0.717) is 0 Å². The summed E-state index contributed by atoms with van der Waals surface area (Å²) in [4.78, 5) is 20.4. The van der Waals surface area contributed by atoms with Crippen LogP contribution in [0.3, 0.4) is 0 Å². The van der Waals surface area contributed by atoms with Crippen LogP contribution in [0.1, 0.15) is 45.0 Å². The van der Waals surface area contributed by atoms with Crippen molar-refractivity contribution in [1.29, 1.82) is 0 Å². The van der Waals surface area contributed by atoms with E-state index < -0.39 is 0 Å². The van der Waals surface area contributed by atoms with Crippen molar-refractivity contribution in [3.63, 3.8) is 0 Å². The van der Waals surface area contributed by atoms with Crippen LogP contribution in [0.25, 0.3) is 43.6 Å². The van der Waals surface area contributed by atoms with Crippen LogP contribution in [0.4, 0.5) is 0 Å². The summed E-state index contributed by atoms with van der Waals surface area (Å²) in [6.45, 7) is 0. The molecule has 9 aromatic rings. The topological polar surface area (TPSA) is 88.5 Å². The van der Waals surface area contributed by atoms with Crippen LogP contribution < -0.4 is 18.9 Å². The Morgan fingerprint density at radius 1 is 0.290 bits per heavy atom. The van der Waals surface area contributed by atoms with Gasteiger partial charge < -0.3 is 18.9 Å². The molecule has 62 heavy (non-hydrogen) atoms. The van der Waals surface area contributed by atoms with Gasteiger partial charge in [0.2, 0.25) is 0 Å². The Morgan fingerprint density at radius 2 is 0.532 bits per heavy atom. The lowest BCUT2D eigenvalue weighted by Gasteiger charge is -2.18. The van der Waals surface area contributed by atoms with E-state index in [9.17, 15) is 0 Å². The van der Waals surface area contributed by atoms with E-state index in [4.69, 9.17) is 38.9 Å². The third-order valence-corrected chi connectivity index (χ3v) is 12.0. The standard InChI is InChI=1S/C54H50N4O4/c1-59-47-13-5-9-35-17-25-43(55-51(35)47)29-21-39-33-41(23-31-45-27-19-37-11-7-15-49(61-3)53(37)57-45)42(24-32-46-28-20-38-12-8-16-50(62-4)54(38)58-46)34-40(39)22-30-44-26-18-36-10-6-14-48(60-2)52(36)56-44/h5-20,25-28,33-34H,21-24,29-32H2,1-4H3. The van der Waals surface area contributed by atoms with E-state index >= 15 is 0 Å². The zero-order valence-electron chi connectivity index (χ0n) is 35.8. The van der Waals surface area contributed by atoms with E-state index in [2.05, 4.69) is 84.9 Å². The fourth-order valence-corrected chi connectivity index (χ4v) is 8.63. The number of methoxy groups -OCH3 is 4. The van der Waals surface area contributed by atoms with Crippen LogP contribution in [0.5, 0.6) is 23.0 Å².